The largest absolute Gasteiger partial charge is 0.492 e. The Morgan fingerprint density at radius 2 is 1.63 bits per heavy atom. The molecular formula is C25H22N2O3. The fourth-order valence-electron chi connectivity index (χ4n) is 3.11. The number of ether oxygens (including phenoxy) is 2. The number of rotatable bonds is 9. The van der Waals surface area contributed by atoms with Gasteiger partial charge in [-0.3, -0.25) is 5.10 Å². The Kier molecular flexibility index (Phi) is 6.20. The lowest BCUT2D eigenvalue weighted by molar-refractivity contribution is -0.108. The van der Waals surface area contributed by atoms with E-state index in [4.69, 9.17) is 9.47 Å². The highest BCUT2D eigenvalue weighted by molar-refractivity contribution is 5.73. The number of carbonyl (C=O) groups is 1. The quantitative estimate of drug-likeness (QED) is 0.307. The summed E-state index contributed by atoms with van der Waals surface area (Å²) in [4.78, 5) is 10.7. The number of nitrogens with one attached hydrogen (secondary N) is 1. The van der Waals surface area contributed by atoms with Gasteiger partial charge in [0.2, 0.25) is 0 Å². The van der Waals surface area contributed by atoms with Crippen molar-refractivity contribution in [2.24, 2.45) is 0 Å². The van der Waals surface area contributed by atoms with Gasteiger partial charge < -0.3 is 14.3 Å². The summed E-state index contributed by atoms with van der Waals surface area (Å²) < 4.78 is 11.8. The Morgan fingerprint density at radius 3 is 2.40 bits per heavy atom. The van der Waals surface area contributed by atoms with Crippen molar-refractivity contribution in [1.29, 1.82) is 0 Å². The van der Waals surface area contributed by atoms with Crippen LogP contribution in [0.1, 0.15) is 12.0 Å². The summed E-state index contributed by atoms with van der Waals surface area (Å²) in [6, 6.07) is 27.7. The van der Waals surface area contributed by atoms with Gasteiger partial charge in [0.15, 0.2) is 0 Å². The Bertz CT molecular complexity index is 1090. The van der Waals surface area contributed by atoms with E-state index in [-0.39, 0.29) is 0 Å². The Morgan fingerprint density at radius 1 is 0.867 bits per heavy atom. The minimum Gasteiger partial charge on any atom is -0.492 e. The zero-order valence-corrected chi connectivity index (χ0v) is 16.5. The minimum atomic E-state index is 0.304. The molecule has 4 rings (SSSR count). The summed E-state index contributed by atoms with van der Waals surface area (Å²) in [7, 11) is 0. The molecule has 1 aromatic heterocycles. The smallest absolute Gasteiger partial charge is 0.132 e. The first-order valence-electron chi connectivity index (χ1n) is 9.82. The van der Waals surface area contributed by atoms with Gasteiger partial charge in [-0.2, -0.15) is 5.10 Å². The molecular weight excluding hydrogens is 376 g/mol. The first-order chi connectivity index (χ1) is 14.8. The van der Waals surface area contributed by atoms with Crippen molar-refractivity contribution in [3.05, 3.63) is 90.5 Å². The second-order valence-corrected chi connectivity index (χ2v) is 6.77. The number of benzene rings is 3. The molecule has 3 aromatic carbocycles. The molecule has 0 spiro atoms. The standard InChI is InChI=1S/C25H22N2O3/c28-14-7-15-29-25-16-21(30-18-19-8-3-1-4-9-19)12-13-22(25)24-17-23(26-27-24)20-10-5-2-6-11-20/h1-6,8-14,16-17H,7,15,18H2,(H,26,27). The van der Waals surface area contributed by atoms with Gasteiger partial charge in [0, 0.05) is 23.6 Å². The van der Waals surface area contributed by atoms with E-state index in [9.17, 15) is 4.79 Å². The summed E-state index contributed by atoms with van der Waals surface area (Å²) in [6.45, 7) is 0.772. The highest BCUT2D eigenvalue weighted by Crippen LogP contribution is 2.34. The number of aldehydes is 1. The number of aromatic amines is 1. The van der Waals surface area contributed by atoms with Crippen LogP contribution in [-0.2, 0) is 11.4 Å². The molecule has 30 heavy (non-hydrogen) atoms. The highest BCUT2D eigenvalue weighted by Gasteiger charge is 2.13. The van der Waals surface area contributed by atoms with Gasteiger partial charge in [0.25, 0.3) is 0 Å². The van der Waals surface area contributed by atoms with Crippen LogP contribution in [-0.4, -0.2) is 23.1 Å². The molecule has 0 aliphatic rings. The molecule has 0 saturated heterocycles. The third-order valence-electron chi connectivity index (χ3n) is 4.63. The highest BCUT2D eigenvalue weighted by atomic mass is 16.5. The first-order valence-corrected chi connectivity index (χ1v) is 9.82. The van der Waals surface area contributed by atoms with E-state index in [2.05, 4.69) is 10.2 Å². The van der Waals surface area contributed by atoms with Crippen LogP contribution in [0.15, 0.2) is 84.9 Å². The van der Waals surface area contributed by atoms with Crippen LogP contribution in [0, 0.1) is 0 Å². The van der Waals surface area contributed by atoms with E-state index in [1.807, 2.05) is 84.9 Å². The molecule has 1 N–H and O–H groups in total. The van der Waals surface area contributed by atoms with E-state index in [0.717, 1.165) is 34.4 Å². The lowest BCUT2D eigenvalue weighted by Gasteiger charge is -2.13. The lowest BCUT2D eigenvalue weighted by atomic mass is 10.1. The topological polar surface area (TPSA) is 64.2 Å². The molecule has 0 radical (unpaired) electrons. The maximum atomic E-state index is 10.7. The maximum absolute atomic E-state index is 10.7. The lowest BCUT2D eigenvalue weighted by Crippen LogP contribution is -2.01. The number of aromatic nitrogens is 2. The molecule has 0 amide bonds. The third-order valence-corrected chi connectivity index (χ3v) is 4.63. The van der Waals surface area contributed by atoms with Crippen LogP contribution in [0.2, 0.25) is 0 Å². The summed E-state index contributed by atoms with van der Waals surface area (Å²) in [5, 5.41) is 7.52. The Balaban J connectivity index is 1.58. The molecule has 0 atom stereocenters. The van der Waals surface area contributed by atoms with Crippen LogP contribution >= 0.6 is 0 Å². The third kappa shape index (κ3) is 4.75. The van der Waals surface area contributed by atoms with Crippen LogP contribution < -0.4 is 9.47 Å². The Hall–Kier alpha value is -3.86. The number of H-pyrrole nitrogens is 1. The van der Waals surface area contributed by atoms with Crippen molar-refractivity contribution in [1.82, 2.24) is 10.2 Å². The second kappa shape index (κ2) is 9.56. The van der Waals surface area contributed by atoms with Gasteiger partial charge in [-0.25, -0.2) is 0 Å². The molecule has 0 unspecified atom stereocenters. The minimum absolute atomic E-state index is 0.304. The molecule has 0 fully saturated rings. The van der Waals surface area contributed by atoms with E-state index in [0.29, 0.717) is 31.1 Å². The van der Waals surface area contributed by atoms with Crippen molar-refractivity contribution in [2.45, 2.75) is 13.0 Å². The van der Waals surface area contributed by atoms with E-state index in [1.54, 1.807) is 0 Å². The monoisotopic (exact) mass is 398 g/mol. The average Bonchev–Trinajstić information content (AvgIpc) is 3.29. The van der Waals surface area contributed by atoms with Crippen LogP contribution in [0.3, 0.4) is 0 Å². The molecule has 0 saturated carbocycles. The van der Waals surface area contributed by atoms with E-state index < -0.39 is 0 Å². The fraction of sp³-hybridized carbons (Fsp3) is 0.120. The van der Waals surface area contributed by atoms with Crippen LogP contribution in [0.5, 0.6) is 11.5 Å². The molecule has 150 valence electrons. The van der Waals surface area contributed by atoms with Crippen molar-refractivity contribution in [2.75, 3.05) is 6.61 Å². The molecule has 4 aromatic rings. The summed E-state index contributed by atoms with van der Waals surface area (Å²) >= 11 is 0. The van der Waals surface area contributed by atoms with Crippen LogP contribution in [0.25, 0.3) is 22.5 Å². The zero-order valence-electron chi connectivity index (χ0n) is 16.5. The molecule has 0 bridgehead atoms. The number of hydrogen-bond donors (Lipinski definition) is 1. The molecule has 1 heterocycles. The molecule has 0 aliphatic carbocycles. The van der Waals surface area contributed by atoms with E-state index in [1.165, 1.54) is 0 Å². The van der Waals surface area contributed by atoms with Crippen LogP contribution in [0.4, 0.5) is 0 Å². The van der Waals surface area contributed by atoms with Crippen molar-refractivity contribution >= 4 is 6.29 Å². The summed E-state index contributed by atoms with van der Waals surface area (Å²) in [6.07, 6.45) is 1.17. The van der Waals surface area contributed by atoms with Gasteiger partial charge in [0.1, 0.15) is 24.4 Å². The molecule has 5 nitrogen and oxygen atoms in total. The van der Waals surface area contributed by atoms with E-state index >= 15 is 0 Å². The van der Waals surface area contributed by atoms with Gasteiger partial charge >= 0.3 is 0 Å². The fourth-order valence-corrected chi connectivity index (χ4v) is 3.11. The van der Waals surface area contributed by atoms with Crippen molar-refractivity contribution < 1.29 is 14.3 Å². The number of hydrogen-bond acceptors (Lipinski definition) is 4. The zero-order chi connectivity index (χ0) is 20.6. The van der Waals surface area contributed by atoms with Gasteiger partial charge in [-0.15, -0.1) is 0 Å². The maximum Gasteiger partial charge on any atom is 0.132 e. The number of nitrogens with zero attached hydrogens (tertiary/aromatic N) is 1. The predicted molar refractivity (Wildman–Crippen MR) is 116 cm³/mol. The SMILES string of the molecule is O=CCCOc1cc(OCc2ccccc2)ccc1-c1cc(-c2ccccc2)n[nH]1. The van der Waals surface area contributed by atoms with Crippen molar-refractivity contribution in [3.63, 3.8) is 0 Å². The van der Waals surface area contributed by atoms with Crippen molar-refractivity contribution in [3.8, 4) is 34.0 Å². The first kappa shape index (κ1) is 19.5. The second-order valence-electron chi connectivity index (χ2n) is 6.77. The van der Waals surface area contributed by atoms with Gasteiger partial charge in [0.05, 0.1) is 18.0 Å². The normalized spacial score (nSPS) is 10.5. The Labute approximate surface area is 175 Å². The van der Waals surface area contributed by atoms with Gasteiger partial charge in [-0.1, -0.05) is 60.7 Å². The summed E-state index contributed by atoms with van der Waals surface area (Å²) in [5.74, 6) is 1.34. The number of carbonyl (C=O) groups excluding carboxylic acids is 1. The predicted octanol–water partition coefficient (Wildman–Crippen LogP) is 5.29. The molecule has 5 heteroatoms. The summed E-state index contributed by atoms with van der Waals surface area (Å²) in [5.41, 5.74) is 4.68. The van der Waals surface area contributed by atoms with Gasteiger partial charge in [-0.05, 0) is 23.8 Å². The average molecular weight is 398 g/mol. The molecule has 0 aliphatic heterocycles.